The van der Waals surface area contributed by atoms with Crippen LogP contribution >= 0.6 is 24.0 Å². The van der Waals surface area contributed by atoms with Crippen LogP contribution in [-0.2, 0) is 11.3 Å². The first-order valence-electron chi connectivity index (χ1n) is 10.3. The zero-order chi connectivity index (χ0) is 21.3. The number of rotatable bonds is 6. The summed E-state index contributed by atoms with van der Waals surface area (Å²) in [4.78, 5) is 30.3. The minimum absolute atomic E-state index is 0. The quantitative estimate of drug-likeness (QED) is 0.302. The van der Waals surface area contributed by atoms with Crippen LogP contribution in [0.2, 0.25) is 0 Å². The van der Waals surface area contributed by atoms with Crippen LogP contribution in [0.3, 0.4) is 0 Å². The molecule has 166 valence electrons. The Kier molecular flexibility index (Phi) is 9.77. The van der Waals surface area contributed by atoms with E-state index < -0.39 is 0 Å². The Morgan fingerprint density at radius 1 is 1.16 bits per heavy atom. The Hall–Kier alpha value is -2.62. The second kappa shape index (κ2) is 12.3. The Bertz CT molecular complexity index is 887. The third-order valence-electron chi connectivity index (χ3n) is 4.94. The van der Waals surface area contributed by atoms with Crippen LogP contribution in [0.5, 0.6) is 0 Å². The van der Waals surface area contributed by atoms with Crippen molar-refractivity contribution >= 4 is 41.8 Å². The van der Waals surface area contributed by atoms with Gasteiger partial charge < -0.3 is 20.9 Å². The molecule has 1 fully saturated rings. The van der Waals surface area contributed by atoms with Gasteiger partial charge in [0.2, 0.25) is 5.91 Å². The van der Waals surface area contributed by atoms with Crippen molar-refractivity contribution < 1.29 is 9.59 Å². The van der Waals surface area contributed by atoms with Crippen LogP contribution in [0.4, 0.5) is 0 Å². The van der Waals surface area contributed by atoms with E-state index in [2.05, 4.69) is 40.0 Å². The van der Waals surface area contributed by atoms with Gasteiger partial charge in [0.1, 0.15) is 0 Å². The van der Waals surface area contributed by atoms with Gasteiger partial charge in [-0.05, 0) is 37.1 Å². The molecule has 0 spiro atoms. The van der Waals surface area contributed by atoms with E-state index in [1.807, 2.05) is 37.3 Å². The van der Waals surface area contributed by atoms with Gasteiger partial charge in [-0.25, -0.2) is 4.99 Å². The highest BCUT2D eigenvalue weighted by molar-refractivity contribution is 14.0. The zero-order valence-electron chi connectivity index (χ0n) is 17.9. The number of amides is 2. The first kappa shape index (κ1) is 24.6. The molecule has 1 aliphatic heterocycles. The average molecular weight is 535 g/mol. The number of nitrogens with one attached hydrogen (secondary N) is 3. The molecule has 1 atom stereocenters. The monoisotopic (exact) mass is 535 g/mol. The van der Waals surface area contributed by atoms with Crippen LogP contribution in [0.15, 0.2) is 59.6 Å². The normalized spacial score (nSPS) is 14.8. The van der Waals surface area contributed by atoms with E-state index in [4.69, 9.17) is 0 Å². The van der Waals surface area contributed by atoms with Gasteiger partial charge in [-0.3, -0.25) is 9.59 Å². The van der Waals surface area contributed by atoms with Crippen molar-refractivity contribution in [3.8, 4) is 0 Å². The Morgan fingerprint density at radius 3 is 2.52 bits per heavy atom. The smallest absolute Gasteiger partial charge is 0.254 e. The molecule has 3 rings (SSSR count). The maximum absolute atomic E-state index is 12.6. The molecule has 7 nitrogen and oxygen atoms in total. The molecule has 1 aliphatic rings. The van der Waals surface area contributed by atoms with Gasteiger partial charge >= 0.3 is 0 Å². The van der Waals surface area contributed by atoms with Crippen molar-refractivity contribution in [2.45, 2.75) is 26.4 Å². The van der Waals surface area contributed by atoms with E-state index in [9.17, 15) is 9.59 Å². The summed E-state index contributed by atoms with van der Waals surface area (Å²) in [6.07, 6.45) is 0. The number of hydrogen-bond donors (Lipinski definition) is 3. The van der Waals surface area contributed by atoms with Gasteiger partial charge in [0.05, 0.1) is 19.1 Å². The van der Waals surface area contributed by atoms with Gasteiger partial charge in [0.25, 0.3) is 5.91 Å². The number of benzene rings is 2. The number of carbonyl (C=O) groups is 2. The number of halogens is 1. The fraction of sp³-hybridized carbons (Fsp3) is 0.348. The largest absolute Gasteiger partial charge is 0.357 e. The minimum atomic E-state index is -0.119. The summed E-state index contributed by atoms with van der Waals surface area (Å²) in [5, 5.41) is 9.42. The molecule has 2 aromatic rings. The van der Waals surface area contributed by atoms with E-state index in [-0.39, 0.29) is 48.4 Å². The molecule has 3 N–H and O–H groups in total. The lowest BCUT2D eigenvalue weighted by molar-refractivity contribution is -0.123. The molecule has 2 amide bonds. The Morgan fingerprint density at radius 2 is 1.87 bits per heavy atom. The molecule has 31 heavy (non-hydrogen) atoms. The molecule has 8 heteroatoms. The standard InChI is InChI=1S/C23H29N5O2.HI/c1-3-24-23(27-17(2)19-7-5-4-6-8-19)26-15-18-9-11-20(12-10-18)22(30)28-14-13-25-21(29)16-28;/h4-12,17H,3,13-16H2,1-2H3,(H,25,29)(H2,24,26,27);1H. The summed E-state index contributed by atoms with van der Waals surface area (Å²) in [5.74, 6) is 0.508. The SMILES string of the molecule is CCNC(=NCc1ccc(C(=O)N2CCNC(=O)C2)cc1)NC(C)c1ccccc1.I. The molecule has 0 bridgehead atoms. The van der Waals surface area contributed by atoms with Gasteiger partial charge in [0, 0.05) is 25.2 Å². The predicted octanol–water partition coefficient (Wildman–Crippen LogP) is 2.69. The molecular formula is C23H30IN5O2. The Labute approximate surface area is 200 Å². The topological polar surface area (TPSA) is 85.8 Å². The first-order chi connectivity index (χ1) is 14.6. The van der Waals surface area contributed by atoms with E-state index in [1.165, 1.54) is 5.56 Å². The third kappa shape index (κ3) is 7.23. The summed E-state index contributed by atoms with van der Waals surface area (Å²) in [6.45, 7) is 6.55. The molecule has 2 aromatic carbocycles. The fourth-order valence-corrected chi connectivity index (χ4v) is 3.27. The fourth-order valence-electron chi connectivity index (χ4n) is 3.27. The molecule has 0 aromatic heterocycles. The van der Waals surface area contributed by atoms with Crippen LogP contribution in [0, 0.1) is 0 Å². The number of nitrogens with zero attached hydrogens (tertiary/aromatic N) is 2. The second-order valence-corrected chi connectivity index (χ2v) is 7.25. The molecule has 0 saturated carbocycles. The van der Waals surface area contributed by atoms with Crippen molar-refractivity contribution in [2.24, 2.45) is 4.99 Å². The molecule has 1 heterocycles. The number of piperazine rings is 1. The number of aliphatic imine (C=N–C) groups is 1. The van der Waals surface area contributed by atoms with Gasteiger partial charge in [-0.15, -0.1) is 24.0 Å². The highest BCUT2D eigenvalue weighted by Gasteiger charge is 2.22. The summed E-state index contributed by atoms with van der Waals surface area (Å²) >= 11 is 0. The number of carbonyl (C=O) groups excluding carboxylic acids is 2. The maximum atomic E-state index is 12.6. The summed E-state index contributed by atoms with van der Waals surface area (Å²) in [7, 11) is 0. The summed E-state index contributed by atoms with van der Waals surface area (Å²) < 4.78 is 0. The lowest BCUT2D eigenvalue weighted by atomic mass is 10.1. The lowest BCUT2D eigenvalue weighted by Crippen LogP contribution is -2.49. The summed E-state index contributed by atoms with van der Waals surface area (Å²) in [6, 6.07) is 17.8. The number of guanidine groups is 1. The third-order valence-corrected chi connectivity index (χ3v) is 4.94. The molecule has 1 unspecified atom stereocenters. The van der Waals surface area contributed by atoms with Crippen LogP contribution in [-0.4, -0.2) is 48.9 Å². The van der Waals surface area contributed by atoms with Crippen molar-refractivity contribution in [3.05, 3.63) is 71.3 Å². The van der Waals surface area contributed by atoms with Gasteiger partial charge in [0.15, 0.2) is 5.96 Å². The van der Waals surface area contributed by atoms with Gasteiger partial charge in [-0.2, -0.15) is 0 Å². The van der Waals surface area contributed by atoms with Crippen LogP contribution < -0.4 is 16.0 Å². The van der Waals surface area contributed by atoms with E-state index in [1.54, 1.807) is 17.0 Å². The zero-order valence-corrected chi connectivity index (χ0v) is 20.3. The highest BCUT2D eigenvalue weighted by atomic mass is 127. The summed E-state index contributed by atoms with van der Waals surface area (Å²) in [5.41, 5.74) is 2.78. The first-order valence-corrected chi connectivity index (χ1v) is 10.3. The van der Waals surface area contributed by atoms with E-state index in [0.29, 0.717) is 25.2 Å². The molecule has 1 saturated heterocycles. The lowest BCUT2D eigenvalue weighted by Gasteiger charge is -2.26. The minimum Gasteiger partial charge on any atom is -0.357 e. The van der Waals surface area contributed by atoms with Crippen molar-refractivity contribution in [2.75, 3.05) is 26.2 Å². The molecular weight excluding hydrogens is 505 g/mol. The second-order valence-electron chi connectivity index (χ2n) is 7.25. The molecule has 0 radical (unpaired) electrons. The van der Waals surface area contributed by atoms with Gasteiger partial charge in [-0.1, -0.05) is 42.5 Å². The molecule has 0 aliphatic carbocycles. The van der Waals surface area contributed by atoms with Crippen molar-refractivity contribution in [3.63, 3.8) is 0 Å². The Balaban J connectivity index is 0.00000341. The van der Waals surface area contributed by atoms with E-state index in [0.717, 1.165) is 18.1 Å². The average Bonchev–Trinajstić information content (AvgIpc) is 2.78. The van der Waals surface area contributed by atoms with Crippen molar-refractivity contribution in [1.29, 1.82) is 0 Å². The van der Waals surface area contributed by atoms with E-state index >= 15 is 0 Å². The van der Waals surface area contributed by atoms with Crippen molar-refractivity contribution in [1.82, 2.24) is 20.9 Å². The van der Waals surface area contributed by atoms with Crippen LogP contribution in [0.1, 0.15) is 41.4 Å². The van der Waals surface area contributed by atoms with Crippen LogP contribution in [0.25, 0.3) is 0 Å². The maximum Gasteiger partial charge on any atom is 0.254 e. The number of hydrogen-bond acceptors (Lipinski definition) is 3. The predicted molar refractivity (Wildman–Crippen MR) is 134 cm³/mol. The highest BCUT2D eigenvalue weighted by Crippen LogP contribution is 2.12.